The molecule has 0 radical (unpaired) electrons. The van der Waals surface area contributed by atoms with Crippen LogP contribution in [0.3, 0.4) is 0 Å². The monoisotopic (exact) mass is 222 g/mol. The Morgan fingerprint density at radius 2 is 1.93 bits per heavy atom. The molecule has 2 aromatic rings. The molecule has 0 saturated heterocycles. The number of rotatable bonds is 2. The average molecular weight is 222 g/mol. The van der Waals surface area contributed by atoms with Crippen molar-refractivity contribution in [2.75, 3.05) is 0 Å². The van der Waals surface area contributed by atoms with Crippen LogP contribution in [0.4, 0.5) is 0 Å². The molecule has 0 unspecified atom stereocenters. The minimum absolute atomic E-state index is 0.351. The summed E-state index contributed by atoms with van der Waals surface area (Å²) in [5.74, 6) is 0.351. The van der Waals surface area contributed by atoms with Crippen molar-refractivity contribution in [2.45, 2.75) is 6.92 Å². The maximum absolute atomic E-state index is 10.4. The third-order valence-electron chi connectivity index (χ3n) is 2.25. The van der Waals surface area contributed by atoms with Gasteiger partial charge in [-0.25, -0.2) is 0 Å². The zero-order valence-electron chi connectivity index (χ0n) is 8.14. The second kappa shape index (κ2) is 3.90. The summed E-state index contributed by atoms with van der Waals surface area (Å²) in [6.07, 6.45) is 0. The number of benzene rings is 2. The van der Waals surface area contributed by atoms with Crippen molar-refractivity contribution >= 4 is 21.8 Å². The van der Waals surface area contributed by atoms with E-state index in [4.69, 9.17) is 0 Å². The van der Waals surface area contributed by atoms with E-state index in [1.807, 2.05) is 31.2 Å². The summed E-state index contributed by atoms with van der Waals surface area (Å²) in [5, 5.41) is 2.08. The first-order valence-electron chi connectivity index (χ1n) is 4.48. The van der Waals surface area contributed by atoms with Crippen molar-refractivity contribution in [2.24, 2.45) is 0 Å². The number of hydrogen-bond donors (Lipinski definition) is 1. The molecule has 0 amide bonds. The Hall–Kier alpha value is -1.55. The highest BCUT2D eigenvalue weighted by Crippen LogP contribution is 2.23. The normalized spacial score (nSPS) is 10.8. The van der Waals surface area contributed by atoms with Crippen molar-refractivity contribution < 1.29 is 12.6 Å². The van der Waals surface area contributed by atoms with Crippen molar-refractivity contribution in [3.8, 4) is 5.75 Å². The molecule has 0 fully saturated rings. The molecule has 0 spiro atoms. The Labute approximate surface area is 89.5 Å². The van der Waals surface area contributed by atoms with E-state index in [0.717, 1.165) is 16.3 Å². The van der Waals surface area contributed by atoms with E-state index in [2.05, 4.69) is 4.18 Å². The Bertz CT molecular complexity index is 565. The third kappa shape index (κ3) is 2.10. The van der Waals surface area contributed by atoms with Crippen molar-refractivity contribution in [3.05, 3.63) is 42.0 Å². The Morgan fingerprint density at radius 3 is 2.67 bits per heavy atom. The maximum Gasteiger partial charge on any atom is 0.299 e. The molecule has 0 bridgehead atoms. The SMILES string of the molecule is Cc1cccc2cc(O[SH](=O)=O)ccc12. The van der Waals surface area contributed by atoms with Gasteiger partial charge < -0.3 is 4.18 Å². The molecule has 0 atom stereocenters. The predicted molar refractivity (Wildman–Crippen MR) is 59.6 cm³/mol. The molecule has 2 rings (SSSR count). The molecule has 2 aromatic carbocycles. The van der Waals surface area contributed by atoms with E-state index < -0.39 is 11.0 Å². The second-order valence-electron chi connectivity index (χ2n) is 3.27. The second-order valence-corrected chi connectivity index (χ2v) is 3.90. The zero-order valence-corrected chi connectivity index (χ0v) is 9.03. The average Bonchev–Trinajstić information content (AvgIpc) is 2.17. The molecule has 0 aliphatic rings. The summed E-state index contributed by atoms with van der Waals surface area (Å²) in [5.41, 5.74) is 1.16. The van der Waals surface area contributed by atoms with Gasteiger partial charge in [-0.2, -0.15) is 8.42 Å². The molecule has 4 heteroatoms. The van der Waals surface area contributed by atoms with Gasteiger partial charge in [-0.1, -0.05) is 24.3 Å². The fourth-order valence-corrected chi connectivity index (χ4v) is 1.85. The van der Waals surface area contributed by atoms with Gasteiger partial charge in [0.1, 0.15) is 5.75 Å². The van der Waals surface area contributed by atoms with Gasteiger partial charge in [0, 0.05) is 0 Å². The highest BCUT2D eigenvalue weighted by molar-refractivity contribution is 7.67. The molecule has 0 aliphatic heterocycles. The van der Waals surface area contributed by atoms with Crippen LogP contribution in [0.25, 0.3) is 10.8 Å². The first kappa shape index (κ1) is 9.98. The highest BCUT2D eigenvalue weighted by atomic mass is 32.2. The summed E-state index contributed by atoms with van der Waals surface area (Å²) in [4.78, 5) is 0. The largest absolute Gasteiger partial charge is 0.384 e. The smallest absolute Gasteiger partial charge is 0.299 e. The van der Waals surface area contributed by atoms with E-state index in [-0.39, 0.29) is 0 Å². The number of thiol groups is 1. The summed E-state index contributed by atoms with van der Waals surface area (Å²) in [6, 6.07) is 11.1. The van der Waals surface area contributed by atoms with Crippen LogP contribution in [0.5, 0.6) is 5.75 Å². The van der Waals surface area contributed by atoms with E-state index in [1.165, 1.54) is 0 Å². The minimum Gasteiger partial charge on any atom is -0.384 e. The lowest BCUT2D eigenvalue weighted by Gasteiger charge is -2.03. The van der Waals surface area contributed by atoms with Crippen molar-refractivity contribution in [1.29, 1.82) is 0 Å². The summed E-state index contributed by atoms with van der Waals surface area (Å²) in [6.45, 7) is 2.01. The molecule has 0 saturated carbocycles. The van der Waals surface area contributed by atoms with Crippen LogP contribution >= 0.6 is 0 Å². The molecular weight excluding hydrogens is 212 g/mol. The lowest BCUT2D eigenvalue weighted by molar-refractivity contribution is 0.511. The summed E-state index contributed by atoms with van der Waals surface area (Å²) in [7, 11) is -2.84. The van der Waals surface area contributed by atoms with E-state index in [9.17, 15) is 8.42 Å². The van der Waals surface area contributed by atoms with Gasteiger partial charge >= 0.3 is 0 Å². The van der Waals surface area contributed by atoms with E-state index in [1.54, 1.807) is 12.1 Å². The van der Waals surface area contributed by atoms with Crippen LogP contribution in [-0.2, 0) is 11.0 Å². The van der Waals surface area contributed by atoms with E-state index in [0.29, 0.717) is 5.75 Å². The molecule has 15 heavy (non-hydrogen) atoms. The van der Waals surface area contributed by atoms with Crippen LogP contribution < -0.4 is 4.18 Å². The fraction of sp³-hybridized carbons (Fsp3) is 0.0909. The Balaban J connectivity index is 2.56. The number of fused-ring (bicyclic) bond motifs is 1. The molecule has 0 N–H and O–H groups in total. The maximum atomic E-state index is 10.4. The highest BCUT2D eigenvalue weighted by Gasteiger charge is 1.99. The van der Waals surface area contributed by atoms with Crippen LogP contribution in [0.15, 0.2) is 36.4 Å². The molecule has 0 aliphatic carbocycles. The van der Waals surface area contributed by atoms with Gasteiger partial charge in [-0.3, -0.25) is 0 Å². The van der Waals surface area contributed by atoms with Gasteiger partial charge in [0.25, 0.3) is 11.0 Å². The molecular formula is C11H10O3S. The van der Waals surface area contributed by atoms with Gasteiger partial charge in [0.15, 0.2) is 0 Å². The lowest BCUT2D eigenvalue weighted by atomic mass is 10.1. The van der Waals surface area contributed by atoms with Crippen LogP contribution in [0.1, 0.15) is 5.56 Å². The minimum atomic E-state index is -2.84. The van der Waals surface area contributed by atoms with Crippen LogP contribution in [0.2, 0.25) is 0 Å². The fourth-order valence-electron chi connectivity index (χ4n) is 1.57. The van der Waals surface area contributed by atoms with Gasteiger partial charge in [-0.15, -0.1) is 0 Å². The van der Waals surface area contributed by atoms with Crippen molar-refractivity contribution in [3.63, 3.8) is 0 Å². The van der Waals surface area contributed by atoms with Gasteiger partial charge in [-0.05, 0) is 35.4 Å². The Morgan fingerprint density at radius 1 is 1.13 bits per heavy atom. The van der Waals surface area contributed by atoms with E-state index >= 15 is 0 Å². The third-order valence-corrected chi connectivity index (χ3v) is 2.61. The van der Waals surface area contributed by atoms with Crippen molar-refractivity contribution in [1.82, 2.24) is 0 Å². The lowest BCUT2D eigenvalue weighted by Crippen LogP contribution is -1.89. The summed E-state index contributed by atoms with van der Waals surface area (Å²) >= 11 is 0. The first-order valence-corrected chi connectivity index (χ1v) is 5.58. The molecule has 3 nitrogen and oxygen atoms in total. The Kier molecular flexibility index (Phi) is 2.60. The standard InChI is InChI=1S/C11H10O3S/c1-8-3-2-4-9-7-10(14-15(12)13)5-6-11(8)9/h2-7,15H,1H3. The van der Waals surface area contributed by atoms with Crippen LogP contribution in [0, 0.1) is 6.92 Å². The number of hydrogen-bond acceptors (Lipinski definition) is 3. The summed E-state index contributed by atoms with van der Waals surface area (Å²) < 4.78 is 25.4. The molecule has 78 valence electrons. The number of aryl methyl sites for hydroxylation is 1. The first-order chi connectivity index (χ1) is 7.16. The topological polar surface area (TPSA) is 43.4 Å². The zero-order chi connectivity index (χ0) is 10.8. The van der Waals surface area contributed by atoms with Gasteiger partial charge in [0.2, 0.25) is 0 Å². The molecule has 0 aromatic heterocycles. The predicted octanol–water partition coefficient (Wildman–Crippen LogP) is 2.05. The van der Waals surface area contributed by atoms with Crippen LogP contribution in [-0.4, -0.2) is 8.42 Å². The quantitative estimate of drug-likeness (QED) is 0.791. The molecule has 0 heterocycles. The van der Waals surface area contributed by atoms with Gasteiger partial charge in [0.05, 0.1) is 0 Å².